The van der Waals surface area contributed by atoms with Crippen LogP contribution in [0.2, 0.25) is 0 Å². The Bertz CT molecular complexity index is 462. The smallest absolute Gasteiger partial charge is 0.147 e. The summed E-state index contributed by atoms with van der Waals surface area (Å²) in [6.07, 6.45) is 0.484. The Balaban J connectivity index is 2.36. The lowest BCUT2D eigenvalue weighted by Crippen LogP contribution is -2.18. The standard InChI is InChI=1S/C15H18O2/c1-9(8-10(2)16)14-13-7-5-4-6-12(13)11(3)15(14)17/h4-7,9,11,14H,8H2,1-3H3. The highest BCUT2D eigenvalue weighted by Gasteiger charge is 2.39. The molecule has 1 aromatic carbocycles. The van der Waals surface area contributed by atoms with Crippen molar-refractivity contribution >= 4 is 11.6 Å². The fraction of sp³-hybridized carbons (Fsp3) is 0.467. The number of hydrogen-bond donors (Lipinski definition) is 0. The molecular weight excluding hydrogens is 212 g/mol. The molecule has 0 N–H and O–H groups in total. The van der Waals surface area contributed by atoms with Crippen molar-refractivity contribution in [3.8, 4) is 0 Å². The van der Waals surface area contributed by atoms with Crippen LogP contribution in [0.5, 0.6) is 0 Å². The summed E-state index contributed by atoms with van der Waals surface area (Å²) in [5.41, 5.74) is 2.26. The molecule has 2 rings (SSSR count). The zero-order valence-corrected chi connectivity index (χ0v) is 10.6. The van der Waals surface area contributed by atoms with Crippen molar-refractivity contribution in [2.45, 2.75) is 39.0 Å². The van der Waals surface area contributed by atoms with Crippen LogP contribution in [0.15, 0.2) is 24.3 Å². The monoisotopic (exact) mass is 230 g/mol. The Morgan fingerprint density at radius 3 is 2.47 bits per heavy atom. The van der Waals surface area contributed by atoms with E-state index < -0.39 is 0 Å². The fourth-order valence-corrected chi connectivity index (χ4v) is 2.92. The van der Waals surface area contributed by atoms with Crippen molar-refractivity contribution in [1.29, 1.82) is 0 Å². The first-order valence-corrected chi connectivity index (χ1v) is 6.14. The summed E-state index contributed by atoms with van der Waals surface area (Å²) >= 11 is 0. The van der Waals surface area contributed by atoms with Crippen LogP contribution in [-0.4, -0.2) is 11.6 Å². The van der Waals surface area contributed by atoms with E-state index in [9.17, 15) is 9.59 Å². The van der Waals surface area contributed by atoms with E-state index in [4.69, 9.17) is 0 Å². The maximum absolute atomic E-state index is 12.3. The predicted molar refractivity (Wildman–Crippen MR) is 67.1 cm³/mol. The molecule has 1 aliphatic rings. The zero-order valence-electron chi connectivity index (χ0n) is 10.6. The second-order valence-electron chi connectivity index (χ2n) is 5.11. The minimum Gasteiger partial charge on any atom is -0.300 e. The molecule has 0 amide bonds. The van der Waals surface area contributed by atoms with E-state index in [0.717, 1.165) is 11.1 Å². The summed E-state index contributed by atoms with van der Waals surface area (Å²) < 4.78 is 0. The second kappa shape index (κ2) is 4.44. The second-order valence-corrected chi connectivity index (χ2v) is 5.11. The first-order chi connectivity index (χ1) is 8.02. The van der Waals surface area contributed by atoms with E-state index in [0.29, 0.717) is 6.42 Å². The quantitative estimate of drug-likeness (QED) is 0.799. The van der Waals surface area contributed by atoms with Gasteiger partial charge in [0, 0.05) is 18.3 Å². The van der Waals surface area contributed by atoms with Gasteiger partial charge in [-0.25, -0.2) is 0 Å². The lowest BCUT2D eigenvalue weighted by molar-refractivity contribution is -0.122. The SMILES string of the molecule is CC(=O)CC(C)C1C(=O)C(C)c2ccccc21. The van der Waals surface area contributed by atoms with Gasteiger partial charge in [-0.15, -0.1) is 0 Å². The van der Waals surface area contributed by atoms with E-state index in [1.54, 1.807) is 6.92 Å². The first-order valence-electron chi connectivity index (χ1n) is 6.14. The highest BCUT2D eigenvalue weighted by molar-refractivity contribution is 5.97. The molecule has 0 aromatic heterocycles. The van der Waals surface area contributed by atoms with Gasteiger partial charge in [0.05, 0.1) is 0 Å². The van der Waals surface area contributed by atoms with Gasteiger partial charge in [-0.3, -0.25) is 4.79 Å². The van der Waals surface area contributed by atoms with Gasteiger partial charge in [0.15, 0.2) is 0 Å². The number of carbonyl (C=O) groups is 2. The van der Waals surface area contributed by atoms with E-state index in [-0.39, 0.29) is 29.3 Å². The van der Waals surface area contributed by atoms with Crippen molar-refractivity contribution in [2.24, 2.45) is 5.92 Å². The van der Waals surface area contributed by atoms with E-state index in [1.807, 2.05) is 38.1 Å². The normalized spacial score (nSPS) is 24.5. The van der Waals surface area contributed by atoms with Gasteiger partial charge >= 0.3 is 0 Å². The fourth-order valence-electron chi connectivity index (χ4n) is 2.92. The van der Waals surface area contributed by atoms with Crippen LogP contribution in [0.25, 0.3) is 0 Å². The molecule has 3 unspecified atom stereocenters. The predicted octanol–water partition coefficient (Wildman–Crippen LogP) is 3.07. The summed E-state index contributed by atoms with van der Waals surface area (Å²) in [4.78, 5) is 23.5. The maximum Gasteiger partial charge on any atom is 0.147 e. The van der Waals surface area contributed by atoms with Crippen molar-refractivity contribution in [3.63, 3.8) is 0 Å². The number of hydrogen-bond acceptors (Lipinski definition) is 2. The molecule has 2 nitrogen and oxygen atoms in total. The Kier molecular flexibility index (Phi) is 3.14. The molecule has 2 heteroatoms. The topological polar surface area (TPSA) is 34.1 Å². The molecule has 1 aliphatic carbocycles. The number of benzene rings is 1. The van der Waals surface area contributed by atoms with Crippen LogP contribution < -0.4 is 0 Å². The van der Waals surface area contributed by atoms with Gasteiger partial charge < -0.3 is 4.79 Å². The van der Waals surface area contributed by atoms with Gasteiger partial charge in [-0.05, 0) is 24.0 Å². The summed E-state index contributed by atoms with van der Waals surface area (Å²) in [5, 5.41) is 0. The van der Waals surface area contributed by atoms with Gasteiger partial charge in [0.1, 0.15) is 11.6 Å². The largest absolute Gasteiger partial charge is 0.300 e. The molecule has 0 saturated carbocycles. The first kappa shape index (κ1) is 12.0. The minimum absolute atomic E-state index is 0.0226. The van der Waals surface area contributed by atoms with Crippen LogP contribution in [0, 0.1) is 5.92 Å². The third-order valence-electron chi connectivity index (χ3n) is 3.71. The third kappa shape index (κ3) is 2.04. The van der Waals surface area contributed by atoms with Crippen molar-refractivity contribution < 1.29 is 9.59 Å². The molecular formula is C15H18O2. The molecule has 0 fully saturated rings. The molecule has 17 heavy (non-hydrogen) atoms. The number of fused-ring (bicyclic) bond motifs is 1. The number of Topliss-reactive ketones (excluding diaryl/α,β-unsaturated/α-hetero) is 2. The summed E-state index contributed by atoms with van der Waals surface area (Å²) in [7, 11) is 0. The average Bonchev–Trinajstić information content (AvgIpc) is 2.51. The summed E-state index contributed by atoms with van der Waals surface area (Å²) in [6.45, 7) is 5.55. The molecule has 0 heterocycles. The number of carbonyl (C=O) groups excluding carboxylic acids is 2. The van der Waals surface area contributed by atoms with Crippen molar-refractivity contribution in [2.75, 3.05) is 0 Å². The van der Waals surface area contributed by atoms with Crippen LogP contribution in [0.4, 0.5) is 0 Å². The Morgan fingerprint density at radius 1 is 1.29 bits per heavy atom. The molecule has 0 aliphatic heterocycles. The summed E-state index contributed by atoms with van der Waals surface area (Å²) in [5.74, 6) is 0.407. The van der Waals surface area contributed by atoms with Crippen LogP contribution in [0.3, 0.4) is 0 Å². The zero-order chi connectivity index (χ0) is 12.6. The highest BCUT2D eigenvalue weighted by Crippen LogP contribution is 2.43. The van der Waals surface area contributed by atoms with Gasteiger partial charge in [-0.1, -0.05) is 38.1 Å². The molecule has 90 valence electrons. The van der Waals surface area contributed by atoms with Crippen molar-refractivity contribution in [3.05, 3.63) is 35.4 Å². The van der Waals surface area contributed by atoms with Gasteiger partial charge in [0.25, 0.3) is 0 Å². The third-order valence-corrected chi connectivity index (χ3v) is 3.71. The Labute approximate surface area is 102 Å². The molecule has 1 aromatic rings. The molecule has 3 atom stereocenters. The van der Waals surface area contributed by atoms with Crippen LogP contribution >= 0.6 is 0 Å². The summed E-state index contributed by atoms with van der Waals surface area (Å²) in [6, 6.07) is 7.99. The molecule has 0 radical (unpaired) electrons. The molecule has 0 spiro atoms. The lowest BCUT2D eigenvalue weighted by Gasteiger charge is -2.18. The van der Waals surface area contributed by atoms with E-state index in [2.05, 4.69) is 0 Å². The van der Waals surface area contributed by atoms with E-state index >= 15 is 0 Å². The van der Waals surface area contributed by atoms with Crippen LogP contribution in [0.1, 0.15) is 50.2 Å². The maximum atomic E-state index is 12.3. The minimum atomic E-state index is -0.0925. The highest BCUT2D eigenvalue weighted by atomic mass is 16.1. The number of rotatable bonds is 3. The number of ketones is 2. The van der Waals surface area contributed by atoms with E-state index in [1.165, 1.54) is 0 Å². The molecule has 0 bridgehead atoms. The average molecular weight is 230 g/mol. The van der Waals surface area contributed by atoms with Crippen LogP contribution in [-0.2, 0) is 9.59 Å². The van der Waals surface area contributed by atoms with Gasteiger partial charge in [0.2, 0.25) is 0 Å². The van der Waals surface area contributed by atoms with Crippen molar-refractivity contribution in [1.82, 2.24) is 0 Å². The van der Waals surface area contributed by atoms with Gasteiger partial charge in [-0.2, -0.15) is 0 Å². The Morgan fingerprint density at radius 2 is 1.88 bits per heavy atom. The lowest BCUT2D eigenvalue weighted by atomic mass is 9.84. The Hall–Kier alpha value is -1.44. The molecule has 0 saturated heterocycles.